The van der Waals surface area contributed by atoms with E-state index < -0.39 is 0 Å². The van der Waals surface area contributed by atoms with Crippen molar-refractivity contribution in [2.75, 3.05) is 12.3 Å². The lowest BCUT2D eigenvalue weighted by molar-refractivity contribution is 0.318. The number of nitrogens with zero attached hydrogens (tertiary/aromatic N) is 3. The van der Waals surface area contributed by atoms with Gasteiger partial charge in [-0.05, 0) is 24.6 Å². The van der Waals surface area contributed by atoms with E-state index in [4.69, 9.17) is 10.5 Å². The molecule has 90 valence electrons. The molecule has 0 unspecified atom stereocenters. The smallest absolute Gasteiger partial charge is 0.218 e. The van der Waals surface area contributed by atoms with Crippen LogP contribution in [0.5, 0.6) is 5.75 Å². The molecule has 0 aliphatic heterocycles. The first-order valence-corrected chi connectivity index (χ1v) is 5.50. The van der Waals surface area contributed by atoms with Gasteiger partial charge in [0.2, 0.25) is 5.95 Å². The quantitative estimate of drug-likeness (QED) is 0.863. The molecule has 0 spiro atoms. The van der Waals surface area contributed by atoms with Crippen molar-refractivity contribution in [3.8, 4) is 5.75 Å². The molecule has 5 nitrogen and oxygen atoms in total. The van der Waals surface area contributed by atoms with Crippen LogP contribution < -0.4 is 10.5 Å². The van der Waals surface area contributed by atoms with E-state index in [1.165, 1.54) is 5.56 Å². The number of aryl methyl sites for hydroxylation is 2. The Labute approximate surface area is 100 Å². The Morgan fingerprint density at radius 2 is 2.24 bits per heavy atom. The summed E-state index contributed by atoms with van der Waals surface area (Å²) in [6.07, 6.45) is 0.652. The van der Waals surface area contributed by atoms with Crippen LogP contribution in [0.3, 0.4) is 0 Å². The topological polar surface area (TPSA) is 66.0 Å². The summed E-state index contributed by atoms with van der Waals surface area (Å²) in [7, 11) is 1.77. The standard InChI is InChI=1S/C12H16N4O/c1-9-4-3-5-10(8-9)17-7-6-11-14-12(13)16(2)15-11/h3-5,8H,6-7H2,1-2H3,(H2,13,14,15). The van der Waals surface area contributed by atoms with E-state index in [1.807, 2.05) is 31.2 Å². The number of nitrogen functional groups attached to an aromatic ring is 1. The molecule has 2 aromatic rings. The van der Waals surface area contributed by atoms with Gasteiger partial charge in [0.1, 0.15) is 5.75 Å². The highest BCUT2D eigenvalue weighted by Gasteiger charge is 2.03. The van der Waals surface area contributed by atoms with Gasteiger partial charge < -0.3 is 10.5 Å². The van der Waals surface area contributed by atoms with Crippen molar-refractivity contribution < 1.29 is 4.74 Å². The molecule has 2 rings (SSSR count). The summed E-state index contributed by atoms with van der Waals surface area (Å²) in [6.45, 7) is 2.58. The molecule has 0 atom stereocenters. The third kappa shape index (κ3) is 2.96. The van der Waals surface area contributed by atoms with Crippen molar-refractivity contribution in [2.24, 2.45) is 7.05 Å². The zero-order valence-corrected chi connectivity index (χ0v) is 10.1. The zero-order valence-electron chi connectivity index (χ0n) is 10.1. The first-order chi connectivity index (χ1) is 8.15. The normalized spacial score (nSPS) is 10.5. The highest BCUT2D eigenvalue weighted by atomic mass is 16.5. The van der Waals surface area contributed by atoms with E-state index in [9.17, 15) is 0 Å². The number of rotatable bonds is 4. The summed E-state index contributed by atoms with van der Waals surface area (Å²) in [5.74, 6) is 2.00. The second kappa shape index (κ2) is 4.86. The Bertz CT molecular complexity index is 487. The first-order valence-electron chi connectivity index (χ1n) is 5.50. The molecule has 0 saturated carbocycles. The molecule has 0 aliphatic rings. The number of anilines is 1. The van der Waals surface area contributed by atoms with E-state index in [1.54, 1.807) is 11.7 Å². The molecular formula is C12H16N4O. The number of nitrogens with two attached hydrogens (primary N) is 1. The van der Waals surface area contributed by atoms with Crippen LogP contribution in [0.25, 0.3) is 0 Å². The molecule has 1 heterocycles. The average Bonchev–Trinajstić information content (AvgIpc) is 2.58. The fourth-order valence-electron chi connectivity index (χ4n) is 1.52. The molecule has 17 heavy (non-hydrogen) atoms. The maximum Gasteiger partial charge on any atom is 0.218 e. The number of aromatic nitrogens is 3. The minimum atomic E-state index is 0.426. The lowest BCUT2D eigenvalue weighted by Gasteiger charge is -2.04. The van der Waals surface area contributed by atoms with E-state index >= 15 is 0 Å². The lowest BCUT2D eigenvalue weighted by Crippen LogP contribution is -2.03. The molecule has 5 heteroatoms. The van der Waals surface area contributed by atoms with Crippen LogP contribution in [0, 0.1) is 6.92 Å². The van der Waals surface area contributed by atoms with Gasteiger partial charge in [-0.2, -0.15) is 10.1 Å². The maximum absolute atomic E-state index is 5.61. The van der Waals surface area contributed by atoms with Crippen LogP contribution in [0.4, 0.5) is 5.95 Å². The molecule has 0 amide bonds. The van der Waals surface area contributed by atoms with Gasteiger partial charge in [-0.3, -0.25) is 0 Å². The van der Waals surface area contributed by atoms with Crippen LogP contribution >= 0.6 is 0 Å². The first kappa shape index (κ1) is 11.4. The monoisotopic (exact) mass is 232 g/mol. The van der Waals surface area contributed by atoms with Gasteiger partial charge in [0.05, 0.1) is 6.61 Å². The molecule has 0 bridgehead atoms. The van der Waals surface area contributed by atoms with Gasteiger partial charge in [0.25, 0.3) is 0 Å². The molecule has 0 fully saturated rings. The molecule has 0 radical (unpaired) electrons. The van der Waals surface area contributed by atoms with Crippen molar-refractivity contribution in [3.63, 3.8) is 0 Å². The SMILES string of the molecule is Cc1cccc(OCCc2nc(N)n(C)n2)c1. The van der Waals surface area contributed by atoms with E-state index in [-0.39, 0.29) is 0 Å². The number of ether oxygens (including phenoxy) is 1. The molecule has 0 saturated heterocycles. The average molecular weight is 232 g/mol. The van der Waals surface area contributed by atoms with Crippen molar-refractivity contribution in [1.29, 1.82) is 0 Å². The van der Waals surface area contributed by atoms with E-state index in [0.29, 0.717) is 24.8 Å². The predicted octanol–water partition coefficient (Wildman–Crippen LogP) is 1.33. The summed E-state index contributed by atoms with van der Waals surface area (Å²) < 4.78 is 7.17. The van der Waals surface area contributed by atoms with Crippen LogP contribution in [0.2, 0.25) is 0 Å². The molecule has 2 N–H and O–H groups in total. The van der Waals surface area contributed by atoms with Gasteiger partial charge in [-0.25, -0.2) is 4.68 Å². The van der Waals surface area contributed by atoms with E-state index in [0.717, 1.165) is 5.75 Å². The zero-order chi connectivity index (χ0) is 12.3. The van der Waals surface area contributed by atoms with Gasteiger partial charge in [0, 0.05) is 13.5 Å². The highest BCUT2D eigenvalue weighted by molar-refractivity contribution is 5.27. The van der Waals surface area contributed by atoms with Gasteiger partial charge in [-0.1, -0.05) is 12.1 Å². The second-order valence-electron chi connectivity index (χ2n) is 3.92. The predicted molar refractivity (Wildman–Crippen MR) is 65.8 cm³/mol. The summed E-state index contributed by atoms with van der Waals surface area (Å²) >= 11 is 0. The number of benzene rings is 1. The molecule has 1 aromatic carbocycles. The van der Waals surface area contributed by atoms with Crippen LogP contribution in [0.15, 0.2) is 24.3 Å². The summed E-state index contributed by atoms with van der Waals surface area (Å²) in [4.78, 5) is 4.11. The van der Waals surface area contributed by atoms with Crippen LogP contribution in [0.1, 0.15) is 11.4 Å². The van der Waals surface area contributed by atoms with Gasteiger partial charge in [-0.15, -0.1) is 0 Å². The minimum absolute atomic E-state index is 0.426. The number of hydrogen-bond donors (Lipinski definition) is 1. The summed E-state index contributed by atoms with van der Waals surface area (Å²) in [6, 6.07) is 7.95. The number of hydrogen-bond acceptors (Lipinski definition) is 4. The highest BCUT2D eigenvalue weighted by Crippen LogP contribution is 2.12. The van der Waals surface area contributed by atoms with Crippen molar-refractivity contribution >= 4 is 5.95 Å². The van der Waals surface area contributed by atoms with Gasteiger partial charge >= 0.3 is 0 Å². The Morgan fingerprint density at radius 1 is 1.41 bits per heavy atom. The maximum atomic E-state index is 5.61. The summed E-state index contributed by atoms with van der Waals surface area (Å²) in [5, 5.41) is 4.16. The largest absolute Gasteiger partial charge is 0.493 e. The second-order valence-corrected chi connectivity index (χ2v) is 3.92. The van der Waals surface area contributed by atoms with E-state index in [2.05, 4.69) is 10.1 Å². The summed E-state index contributed by atoms with van der Waals surface area (Å²) in [5.41, 5.74) is 6.77. The van der Waals surface area contributed by atoms with Crippen LogP contribution in [-0.2, 0) is 13.5 Å². The fourth-order valence-corrected chi connectivity index (χ4v) is 1.52. The Hall–Kier alpha value is -2.04. The molecule has 1 aromatic heterocycles. The van der Waals surface area contributed by atoms with Gasteiger partial charge in [0.15, 0.2) is 5.82 Å². The third-order valence-corrected chi connectivity index (χ3v) is 2.42. The molecule has 0 aliphatic carbocycles. The lowest BCUT2D eigenvalue weighted by atomic mass is 10.2. The fraction of sp³-hybridized carbons (Fsp3) is 0.333. The Kier molecular flexibility index (Phi) is 3.27. The third-order valence-electron chi connectivity index (χ3n) is 2.42. The minimum Gasteiger partial charge on any atom is -0.493 e. The molecular weight excluding hydrogens is 216 g/mol. The Morgan fingerprint density at radius 3 is 2.88 bits per heavy atom. The van der Waals surface area contributed by atoms with Crippen LogP contribution in [-0.4, -0.2) is 21.4 Å². The Balaban J connectivity index is 1.87. The van der Waals surface area contributed by atoms with Crippen molar-refractivity contribution in [1.82, 2.24) is 14.8 Å². The van der Waals surface area contributed by atoms with Crippen molar-refractivity contribution in [2.45, 2.75) is 13.3 Å². The van der Waals surface area contributed by atoms with Crippen molar-refractivity contribution in [3.05, 3.63) is 35.7 Å².